The van der Waals surface area contributed by atoms with Crippen molar-refractivity contribution < 1.29 is 13.9 Å². The van der Waals surface area contributed by atoms with E-state index in [1.807, 2.05) is 60.4 Å². The molecule has 1 aliphatic rings. The monoisotopic (exact) mass is 439 g/mol. The molecule has 3 aromatic rings. The molecule has 1 fully saturated rings. The Morgan fingerprint density at radius 1 is 1.13 bits per heavy atom. The first-order valence-electron chi connectivity index (χ1n) is 10.6. The maximum absolute atomic E-state index is 12.6. The van der Waals surface area contributed by atoms with Crippen molar-refractivity contribution in [3.05, 3.63) is 65.6 Å². The zero-order valence-corrected chi connectivity index (χ0v) is 18.3. The van der Waals surface area contributed by atoms with Crippen molar-refractivity contribution in [1.82, 2.24) is 9.88 Å². The van der Waals surface area contributed by atoms with Crippen LogP contribution in [-0.2, 0) is 11.2 Å². The van der Waals surface area contributed by atoms with Crippen molar-refractivity contribution in [1.29, 1.82) is 0 Å². The lowest BCUT2D eigenvalue weighted by Crippen LogP contribution is -2.48. The van der Waals surface area contributed by atoms with Gasteiger partial charge in [0.1, 0.15) is 5.75 Å². The normalized spacial score (nSPS) is 14.0. The molecule has 7 heteroatoms. The summed E-state index contributed by atoms with van der Waals surface area (Å²) >= 11 is 6.09. The summed E-state index contributed by atoms with van der Waals surface area (Å²) in [6.45, 7) is 5.59. The summed E-state index contributed by atoms with van der Waals surface area (Å²) in [5.41, 5.74) is 2.03. The highest BCUT2D eigenvalue weighted by atomic mass is 35.5. The van der Waals surface area contributed by atoms with Crippen LogP contribution in [0.1, 0.15) is 19.2 Å². The fraction of sp³-hybridized carbons (Fsp3) is 0.333. The lowest BCUT2D eigenvalue weighted by Gasteiger charge is -2.36. The van der Waals surface area contributed by atoms with Crippen LogP contribution in [-0.4, -0.2) is 48.6 Å². The minimum Gasteiger partial charge on any atom is -0.494 e. The predicted molar refractivity (Wildman–Crippen MR) is 122 cm³/mol. The van der Waals surface area contributed by atoms with Crippen molar-refractivity contribution in [3.63, 3.8) is 0 Å². The van der Waals surface area contributed by atoms with Crippen LogP contribution < -0.4 is 9.64 Å². The van der Waals surface area contributed by atoms with Crippen LogP contribution in [0.4, 0.5) is 5.69 Å². The summed E-state index contributed by atoms with van der Waals surface area (Å²) in [5.74, 6) is 2.23. The van der Waals surface area contributed by atoms with Gasteiger partial charge in [-0.3, -0.25) is 4.79 Å². The van der Waals surface area contributed by atoms with Crippen molar-refractivity contribution >= 4 is 23.2 Å². The fourth-order valence-electron chi connectivity index (χ4n) is 3.70. The number of aryl methyl sites for hydroxylation is 1. The Morgan fingerprint density at radius 3 is 2.61 bits per heavy atom. The first-order chi connectivity index (χ1) is 15.1. The summed E-state index contributed by atoms with van der Waals surface area (Å²) < 4.78 is 11.3. The first-order valence-corrected chi connectivity index (χ1v) is 11.0. The molecule has 1 saturated heterocycles. The molecular formula is C24H26ClN3O3. The van der Waals surface area contributed by atoms with Gasteiger partial charge in [0.2, 0.25) is 5.91 Å². The van der Waals surface area contributed by atoms with Crippen LogP contribution in [0.5, 0.6) is 5.75 Å². The van der Waals surface area contributed by atoms with Crippen LogP contribution in [0, 0.1) is 0 Å². The van der Waals surface area contributed by atoms with Gasteiger partial charge in [-0.05, 0) is 49.4 Å². The third kappa shape index (κ3) is 5.39. The Balaban J connectivity index is 1.27. The van der Waals surface area contributed by atoms with E-state index in [0.717, 1.165) is 35.1 Å². The van der Waals surface area contributed by atoms with Crippen molar-refractivity contribution in [3.8, 4) is 17.1 Å². The number of hydrogen-bond donors (Lipinski definition) is 0. The number of anilines is 1. The molecule has 0 N–H and O–H groups in total. The lowest BCUT2D eigenvalue weighted by atomic mass is 10.2. The second-order valence-corrected chi connectivity index (χ2v) is 7.86. The number of amides is 1. The second kappa shape index (κ2) is 9.88. The van der Waals surface area contributed by atoms with Gasteiger partial charge in [-0.1, -0.05) is 17.7 Å². The number of oxazole rings is 1. The van der Waals surface area contributed by atoms with Crippen molar-refractivity contribution in [2.24, 2.45) is 0 Å². The molecule has 162 valence electrons. The third-order valence-electron chi connectivity index (χ3n) is 5.36. The molecule has 0 saturated carbocycles. The van der Waals surface area contributed by atoms with E-state index in [1.165, 1.54) is 0 Å². The van der Waals surface area contributed by atoms with Crippen LogP contribution >= 0.6 is 11.6 Å². The number of hydrogen-bond acceptors (Lipinski definition) is 5. The van der Waals surface area contributed by atoms with Gasteiger partial charge in [0.25, 0.3) is 0 Å². The average Bonchev–Trinajstić information content (AvgIpc) is 3.27. The summed E-state index contributed by atoms with van der Waals surface area (Å²) in [6.07, 6.45) is 2.59. The number of rotatable bonds is 7. The largest absolute Gasteiger partial charge is 0.494 e. The topological polar surface area (TPSA) is 58.8 Å². The van der Waals surface area contributed by atoms with Gasteiger partial charge in [0.05, 0.1) is 12.8 Å². The highest BCUT2D eigenvalue weighted by Crippen LogP contribution is 2.24. The van der Waals surface area contributed by atoms with Gasteiger partial charge < -0.3 is 19.0 Å². The van der Waals surface area contributed by atoms with Gasteiger partial charge in [0.15, 0.2) is 11.7 Å². The molecule has 0 spiro atoms. The van der Waals surface area contributed by atoms with E-state index in [1.54, 1.807) is 6.20 Å². The van der Waals surface area contributed by atoms with Crippen LogP contribution in [0.2, 0.25) is 5.02 Å². The minimum atomic E-state index is 0.131. The molecule has 1 aromatic heterocycles. The number of carbonyl (C=O) groups excluding carboxylic acids is 1. The molecule has 4 rings (SSSR count). The fourth-order valence-corrected chi connectivity index (χ4v) is 3.88. The molecule has 31 heavy (non-hydrogen) atoms. The SMILES string of the molecule is CCOc1ccc(-c2cnc(CCC(=O)N3CCN(c4cccc(Cl)c4)CC3)o2)cc1. The quantitative estimate of drug-likeness (QED) is 0.535. The minimum absolute atomic E-state index is 0.131. The number of halogens is 1. The number of nitrogens with zero attached hydrogens (tertiary/aromatic N) is 3. The maximum Gasteiger partial charge on any atom is 0.223 e. The van der Waals surface area contributed by atoms with Gasteiger partial charge in [0, 0.05) is 55.3 Å². The van der Waals surface area contributed by atoms with Gasteiger partial charge in [-0.2, -0.15) is 0 Å². The first kappa shape index (κ1) is 21.2. The van der Waals surface area contributed by atoms with E-state index in [9.17, 15) is 4.79 Å². The number of piperazine rings is 1. The zero-order chi connectivity index (χ0) is 21.6. The Hall–Kier alpha value is -2.99. The molecule has 0 aliphatic carbocycles. The molecular weight excluding hydrogens is 414 g/mol. The smallest absolute Gasteiger partial charge is 0.223 e. The molecule has 0 radical (unpaired) electrons. The van der Waals surface area contributed by atoms with E-state index in [4.69, 9.17) is 20.8 Å². The second-order valence-electron chi connectivity index (χ2n) is 7.42. The molecule has 6 nitrogen and oxygen atoms in total. The van der Waals surface area contributed by atoms with Crippen molar-refractivity contribution in [2.75, 3.05) is 37.7 Å². The molecule has 2 heterocycles. The highest BCUT2D eigenvalue weighted by molar-refractivity contribution is 6.30. The van der Waals surface area contributed by atoms with Crippen molar-refractivity contribution in [2.45, 2.75) is 19.8 Å². The molecule has 0 bridgehead atoms. The maximum atomic E-state index is 12.6. The Labute approximate surface area is 187 Å². The Bertz CT molecular complexity index is 1010. The van der Waals surface area contributed by atoms with E-state index in [-0.39, 0.29) is 5.91 Å². The predicted octanol–water partition coefficient (Wildman–Crippen LogP) is 4.68. The van der Waals surface area contributed by atoms with Crippen LogP contribution in [0.3, 0.4) is 0 Å². The highest BCUT2D eigenvalue weighted by Gasteiger charge is 2.21. The van der Waals surface area contributed by atoms with Gasteiger partial charge >= 0.3 is 0 Å². The molecule has 0 atom stereocenters. The van der Waals surface area contributed by atoms with Crippen LogP contribution in [0.15, 0.2) is 59.1 Å². The number of benzene rings is 2. The summed E-state index contributed by atoms with van der Waals surface area (Å²) in [5, 5.41) is 0.728. The standard InChI is InChI=1S/C24H26ClN3O3/c1-2-30-21-8-6-18(7-9-21)22-17-26-23(31-22)10-11-24(29)28-14-12-27(13-15-28)20-5-3-4-19(25)16-20/h3-9,16-17H,2,10-15H2,1H3. The molecule has 1 aliphatic heterocycles. The number of carbonyl (C=O) groups is 1. The Morgan fingerprint density at radius 2 is 1.90 bits per heavy atom. The van der Waals surface area contributed by atoms with E-state index in [2.05, 4.69) is 9.88 Å². The van der Waals surface area contributed by atoms with E-state index in [0.29, 0.717) is 44.2 Å². The van der Waals surface area contributed by atoms with Gasteiger partial charge in [-0.15, -0.1) is 0 Å². The molecule has 1 amide bonds. The van der Waals surface area contributed by atoms with Crippen LogP contribution in [0.25, 0.3) is 11.3 Å². The number of ether oxygens (including phenoxy) is 1. The van der Waals surface area contributed by atoms with E-state index >= 15 is 0 Å². The molecule has 0 unspecified atom stereocenters. The lowest BCUT2D eigenvalue weighted by molar-refractivity contribution is -0.131. The summed E-state index contributed by atoms with van der Waals surface area (Å²) in [6, 6.07) is 15.5. The third-order valence-corrected chi connectivity index (χ3v) is 5.60. The molecule has 2 aromatic carbocycles. The Kier molecular flexibility index (Phi) is 6.77. The van der Waals surface area contributed by atoms with Gasteiger partial charge in [-0.25, -0.2) is 4.98 Å². The summed E-state index contributed by atoms with van der Waals surface area (Å²) in [4.78, 5) is 21.2. The van der Waals surface area contributed by atoms with E-state index < -0.39 is 0 Å². The zero-order valence-electron chi connectivity index (χ0n) is 17.6. The average molecular weight is 440 g/mol. The number of aromatic nitrogens is 1. The summed E-state index contributed by atoms with van der Waals surface area (Å²) in [7, 11) is 0.